The highest BCUT2D eigenvalue weighted by atomic mass is 16.4. The molecule has 1 saturated heterocycles. The summed E-state index contributed by atoms with van der Waals surface area (Å²) in [5, 5.41) is 9.59. The molecule has 1 N–H and O–H groups in total. The van der Waals surface area contributed by atoms with Gasteiger partial charge in [-0.1, -0.05) is 37.1 Å². The summed E-state index contributed by atoms with van der Waals surface area (Å²) in [6, 6.07) is 9.08. The Labute approximate surface area is 132 Å². The van der Waals surface area contributed by atoms with E-state index in [9.17, 15) is 9.90 Å². The fourth-order valence-electron chi connectivity index (χ4n) is 5.17. The normalized spacial score (nSPS) is 28.1. The molecule has 4 rings (SSSR count). The summed E-state index contributed by atoms with van der Waals surface area (Å²) in [5.74, 6) is -0.947. The Morgan fingerprint density at radius 1 is 1.14 bits per heavy atom. The van der Waals surface area contributed by atoms with Gasteiger partial charge in [-0.3, -0.25) is 4.79 Å². The van der Waals surface area contributed by atoms with Gasteiger partial charge in [0, 0.05) is 6.04 Å². The van der Waals surface area contributed by atoms with Crippen LogP contribution in [0.3, 0.4) is 0 Å². The smallest absolute Gasteiger partial charge is 0.311 e. The third kappa shape index (κ3) is 2.18. The molecule has 22 heavy (non-hydrogen) atoms. The summed E-state index contributed by atoms with van der Waals surface area (Å²) in [6.07, 6.45) is 8.56. The van der Waals surface area contributed by atoms with E-state index in [2.05, 4.69) is 17.0 Å². The third-order valence-corrected chi connectivity index (χ3v) is 6.40. The largest absolute Gasteiger partial charge is 0.481 e. The molecular formula is C19H25NO2. The van der Waals surface area contributed by atoms with Gasteiger partial charge in [-0.25, -0.2) is 0 Å². The Morgan fingerprint density at radius 2 is 1.82 bits per heavy atom. The maximum atomic E-state index is 11.7. The van der Waals surface area contributed by atoms with E-state index < -0.39 is 5.97 Å². The average Bonchev–Trinajstić information content (AvgIpc) is 3.16. The Kier molecular flexibility index (Phi) is 3.48. The number of aliphatic carboxylic acids is 1. The van der Waals surface area contributed by atoms with Crippen molar-refractivity contribution in [2.75, 3.05) is 13.1 Å². The van der Waals surface area contributed by atoms with Crippen LogP contribution in [-0.2, 0) is 10.2 Å². The van der Waals surface area contributed by atoms with Gasteiger partial charge in [0.25, 0.3) is 0 Å². The number of benzene rings is 1. The second-order valence-electron chi connectivity index (χ2n) is 7.44. The number of piperidine rings is 1. The minimum atomic E-state index is -0.650. The SMILES string of the molecule is O=C(O)C1CC2(CCN(C3CCCC3)CC2)c2ccccc21. The van der Waals surface area contributed by atoms with Crippen LogP contribution in [-0.4, -0.2) is 35.1 Å². The number of hydrogen-bond acceptors (Lipinski definition) is 2. The van der Waals surface area contributed by atoms with Gasteiger partial charge in [0.1, 0.15) is 0 Å². The fourth-order valence-corrected chi connectivity index (χ4v) is 5.17. The van der Waals surface area contributed by atoms with Crippen molar-refractivity contribution in [2.24, 2.45) is 0 Å². The zero-order chi connectivity index (χ0) is 15.2. The van der Waals surface area contributed by atoms with Gasteiger partial charge in [0.05, 0.1) is 5.92 Å². The van der Waals surface area contributed by atoms with Gasteiger partial charge in [-0.2, -0.15) is 0 Å². The zero-order valence-corrected chi connectivity index (χ0v) is 13.1. The molecule has 2 fully saturated rings. The van der Waals surface area contributed by atoms with E-state index in [1.54, 1.807) is 0 Å². The third-order valence-electron chi connectivity index (χ3n) is 6.40. The van der Waals surface area contributed by atoms with Crippen LogP contribution >= 0.6 is 0 Å². The molecule has 1 atom stereocenters. The monoisotopic (exact) mass is 299 g/mol. The highest BCUT2D eigenvalue weighted by molar-refractivity contribution is 5.78. The van der Waals surface area contributed by atoms with Crippen LogP contribution in [0.1, 0.15) is 62.0 Å². The first-order chi connectivity index (χ1) is 10.7. The Morgan fingerprint density at radius 3 is 2.50 bits per heavy atom. The van der Waals surface area contributed by atoms with Crippen LogP contribution < -0.4 is 0 Å². The standard InChI is InChI=1S/C19H25NO2/c21-18(22)16-13-19(17-8-4-3-7-15(16)17)9-11-20(12-10-19)14-5-1-2-6-14/h3-4,7-8,14,16H,1-2,5-6,9-13H2,(H,21,22). The van der Waals surface area contributed by atoms with Crippen LogP contribution in [0.2, 0.25) is 0 Å². The zero-order valence-electron chi connectivity index (χ0n) is 13.1. The molecule has 0 amide bonds. The molecule has 118 valence electrons. The molecule has 1 aromatic carbocycles. The van der Waals surface area contributed by atoms with Gasteiger partial charge < -0.3 is 10.0 Å². The molecule has 1 saturated carbocycles. The molecule has 2 aliphatic carbocycles. The Hall–Kier alpha value is -1.35. The highest BCUT2D eigenvalue weighted by Gasteiger charge is 2.48. The molecule has 0 bridgehead atoms. The Balaban J connectivity index is 1.57. The average molecular weight is 299 g/mol. The number of hydrogen-bond donors (Lipinski definition) is 1. The van der Waals surface area contributed by atoms with Gasteiger partial charge in [-0.15, -0.1) is 0 Å². The van der Waals surface area contributed by atoms with Crippen molar-refractivity contribution in [2.45, 2.75) is 62.3 Å². The van der Waals surface area contributed by atoms with Gasteiger partial charge in [0.15, 0.2) is 0 Å². The van der Waals surface area contributed by atoms with Crippen molar-refractivity contribution in [1.82, 2.24) is 4.90 Å². The maximum absolute atomic E-state index is 11.7. The van der Waals surface area contributed by atoms with Crippen LogP contribution in [0.15, 0.2) is 24.3 Å². The predicted octanol–water partition coefficient (Wildman–Crippen LogP) is 3.53. The topological polar surface area (TPSA) is 40.5 Å². The molecule has 1 aliphatic heterocycles. The van der Waals surface area contributed by atoms with Crippen molar-refractivity contribution in [3.8, 4) is 0 Å². The van der Waals surface area contributed by atoms with E-state index in [4.69, 9.17) is 0 Å². The summed E-state index contributed by atoms with van der Waals surface area (Å²) >= 11 is 0. The number of carboxylic acids is 1. The summed E-state index contributed by atoms with van der Waals surface area (Å²) in [6.45, 7) is 2.29. The van der Waals surface area contributed by atoms with Crippen LogP contribution in [0.25, 0.3) is 0 Å². The molecule has 1 aromatic rings. The summed E-state index contributed by atoms with van der Waals surface area (Å²) in [7, 11) is 0. The molecule has 1 spiro atoms. The molecule has 1 unspecified atom stereocenters. The summed E-state index contributed by atoms with van der Waals surface area (Å²) in [5.41, 5.74) is 2.52. The number of carbonyl (C=O) groups is 1. The number of likely N-dealkylation sites (tertiary alicyclic amines) is 1. The van der Waals surface area contributed by atoms with E-state index in [0.717, 1.165) is 44.0 Å². The lowest BCUT2D eigenvalue weighted by Crippen LogP contribution is -2.45. The fraction of sp³-hybridized carbons (Fsp3) is 0.632. The van der Waals surface area contributed by atoms with E-state index in [1.807, 2.05) is 12.1 Å². The predicted molar refractivity (Wildman–Crippen MR) is 86.2 cm³/mol. The van der Waals surface area contributed by atoms with Crippen LogP contribution in [0.4, 0.5) is 0 Å². The number of rotatable bonds is 2. The van der Waals surface area contributed by atoms with Crippen molar-refractivity contribution in [3.05, 3.63) is 35.4 Å². The molecule has 3 heteroatoms. The number of fused-ring (bicyclic) bond motifs is 2. The first-order valence-corrected chi connectivity index (χ1v) is 8.76. The lowest BCUT2D eigenvalue weighted by molar-refractivity contribution is -0.139. The first-order valence-electron chi connectivity index (χ1n) is 8.76. The number of carboxylic acid groups (broad SMARTS) is 1. The lowest BCUT2D eigenvalue weighted by Gasteiger charge is -2.42. The van der Waals surface area contributed by atoms with Crippen molar-refractivity contribution < 1.29 is 9.90 Å². The second kappa shape index (κ2) is 5.38. The van der Waals surface area contributed by atoms with Crippen LogP contribution in [0, 0.1) is 0 Å². The Bertz CT molecular complexity index is 569. The van der Waals surface area contributed by atoms with E-state index in [0.29, 0.717) is 0 Å². The van der Waals surface area contributed by atoms with E-state index in [-0.39, 0.29) is 11.3 Å². The second-order valence-corrected chi connectivity index (χ2v) is 7.44. The first kappa shape index (κ1) is 14.3. The molecule has 0 aromatic heterocycles. The summed E-state index contributed by atoms with van der Waals surface area (Å²) in [4.78, 5) is 14.3. The minimum absolute atomic E-state index is 0.120. The summed E-state index contributed by atoms with van der Waals surface area (Å²) < 4.78 is 0. The molecular weight excluding hydrogens is 274 g/mol. The molecule has 3 aliphatic rings. The van der Waals surface area contributed by atoms with Gasteiger partial charge in [-0.05, 0) is 61.7 Å². The minimum Gasteiger partial charge on any atom is -0.481 e. The molecule has 3 nitrogen and oxygen atoms in total. The lowest BCUT2D eigenvalue weighted by atomic mass is 9.73. The quantitative estimate of drug-likeness (QED) is 0.908. The van der Waals surface area contributed by atoms with Crippen molar-refractivity contribution >= 4 is 5.97 Å². The highest BCUT2D eigenvalue weighted by Crippen LogP contribution is 2.52. The van der Waals surface area contributed by atoms with E-state index in [1.165, 1.54) is 31.2 Å². The molecule has 0 radical (unpaired) electrons. The van der Waals surface area contributed by atoms with Crippen molar-refractivity contribution in [3.63, 3.8) is 0 Å². The van der Waals surface area contributed by atoms with Crippen LogP contribution in [0.5, 0.6) is 0 Å². The van der Waals surface area contributed by atoms with E-state index >= 15 is 0 Å². The maximum Gasteiger partial charge on any atom is 0.311 e. The molecule has 1 heterocycles. The number of nitrogens with zero attached hydrogens (tertiary/aromatic N) is 1. The van der Waals surface area contributed by atoms with Crippen molar-refractivity contribution in [1.29, 1.82) is 0 Å². The van der Waals surface area contributed by atoms with Gasteiger partial charge >= 0.3 is 5.97 Å². The van der Waals surface area contributed by atoms with Gasteiger partial charge in [0.2, 0.25) is 0 Å².